The van der Waals surface area contributed by atoms with Gasteiger partial charge in [-0.3, -0.25) is 0 Å². The molecule has 0 N–H and O–H groups in total. The van der Waals surface area contributed by atoms with Crippen LogP contribution in [0.2, 0.25) is 0 Å². The highest BCUT2D eigenvalue weighted by atomic mass is 16.6. The number of carbonyl (C=O) groups excluding carboxylic acids is 4. The molecule has 0 amide bonds. The lowest BCUT2D eigenvalue weighted by Crippen LogP contribution is -2.05. The molecule has 0 unspecified atom stereocenters. The van der Waals surface area contributed by atoms with E-state index in [9.17, 15) is 19.2 Å². The van der Waals surface area contributed by atoms with Crippen molar-refractivity contribution >= 4 is 23.9 Å². The van der Waals surface area contributed by atoms with E-state index in [1.54, 1.807) is 19.9 Å². The summed E-state index contributed by atoms with van der Waals surface area (Å²) in [5.41, 5.74) is 0.820. The first-order valence-corrected chi connectivity index (χ1v) is 7.33. The molecular formula is C18H16O6. The predicted octanol–water partition coefficient (Wildman–Crippen LogP) is 2.09. The third-order valence-electron chi connectivity index (χ3n) is 3.44. The first-order valence-electron chi connectivity index (χ1n) is 7.33. The molecule has 0 aromatic carbocycles. The Hall–Kier alpha value is -3.02. The summed E-state index contributed by atoms with van der Waals surface area (Å²) in [6, 6.07) is 0. The second-order valence-electron chi connectivity index (χ2n) is 5.41. The highest BCUT2D eigenvalue weighted by molar-refractivity contribution is 6.18. The average molecular weight is 328 g/mol. The molecule has 6 nitrogen and oxygen atoms in total. The number of carbonyl (C=O) groups is 4. The lowest BCUT2D eigenvalue weighted by atomic mass is 9.98. The Morgan fingerprint density at radius 1 is 0.958 bits per heavy atom. The molecular weight excluding hydrogens is 312 g/mol. The summed E-state index contributed by atoms with van der Waals surface area (Å²) in [6.45, 7) is 7.06. The number of hydrogen-bond donors (Lipinski definition) is 0. The van der Waals surface area contributed by atoms with E-state index in [1.165, 1.54) is 24.3 Å². The number of hydrogen-bond acceptors (Lipinski definition) is 6. The molecule has 6 heteroatoms. The second kappa shape index (κ2) is 7.04. The molecule has 0 bridgehead atoms. The van der Waals surface area contributed by atoms with Gasteiger partial charge in [0.2, 0.25) is 0 Å². The van der Waals surface area contributed by atoms with E-state index in [1.807, 2.05) is 0 Å². The molecule has 2 heterocycles. The zero-order valence-corrected chi connectivity index (χ0v) is 13.3. The summed E-state index contributed by atoms with van der Waals surface area (Å²) in [6.07, 6.45) is 7.65. The third kappa shape index (κ3) is 3.32. The van der Waals surface area contributed by atoms with E-state index in [2.05, 4.69) is 16.1 Å². The van der Waals surface area contributed by atoms with Gasteiger partial charge in [-0.1, -0.05) is 44.7 Å². The van der Waals surface area contributed by atoms with E-state index in [-0.39, 0.29) is 29.1 Å². The van der Waals surface area contributed by atoms with Crippen molar-refractivity contribution in [2.45, 2.75) is 20.3 Å². The van der Waals surface area contributed by atoms with Crippen molar-refractivity contribution < 1.29 is 28.7 Å². The fourth-order valence-electron chi connectivity index (χ4n) is 2.37. The predicted molar refractivity (Wildman–Crippen MR) is 84.2 cm³/mol. The fourth-order valence-corrected chi connectivity index (χ4v) is 2.37. The van der Waals surface area contributed by atoms with Gasteiger partial charge in [-0.05, 0) is 18.4 Å². The fraction of sp³-hybridized carbons (Fsp3) is 0.222. The highest BCUT2D eigenvalue weighted by Crippen LogP contribution is 2.26. The van der Waals surface area contributed by atoms with E-state index < -0.39 is 23.9 Å². The van der Waals surface area contributed by atoms with Crippen LogP contribution in [0, 0.1) is 5.92 Å². The minimum atomic E-state index is -0.723. The summed E-state index contributed by atoms with van der Waals surface area (Å²) in [4.78, 5) is 46.4. The molecule has 1 saturated heterocycles. The van der Waals surface area contributed by atoms with Gasteiger partial charge in [0.25, 0.3) is 0 Å². The zero-order chi connectivity index (χ0) is 17.9. The molecule has 2 rings (SSSR count). The second-order valence-corrected chi connectivity index (χ2v) is 5.41. The molecule has 124 valence electrons. The van der Waals surface area contributed by atoms with Crippen molar-refractivity contribution in [1.29, 1.82) is 0 Å². The Bertz CT molecular complexity index is 758. The molecule has 0 aromatic heterocycles. The maximum absolute atomic E-state index is 11.7. The molecule has 2 aliphatic heterocycles. The van der Waals surface area contributed by atoms with Crippen LogP contribution in [0.3, 0.4) is 0 Å². The minimum Gasteiger partial charge on any atom is -0.386 e. The molecule has 0 saturated carbocycles. The van der Waals surface area contributed by atoms with E-state index >= 15 is 0 Å². The smallest absolute Gasteiger partial charge is 0.346 e. The molecule has 1 fully saturated rings. The molecule has 2 aliphatic rings. The van der Waals surface area contributed by atoms with Crippen LogP contribution in [-0.2, 0) is 28.7 Å². The minimum absolute atomic E-state index is 0.140. The Labute approximate surface area is 138 Å². The first kappa shape index (κ1) is 17.3. The van der Waals surface area contributed by atoms with Gasteiger partial charge in [0.1, 0.15) is 0 Å². The lowest BCUT2D eigenvalue weighted by molar-refractivity contribution is -0.152. The summed E-state index contributed by atoms with van der Waals surface area (Å²) in [5.74, 6) is -2.90. The largest absolute Gasteiger partial charge is 0.386 e. The van der Waals surface area contributed by atoms with Crippen molar-refractivity contribution in [3.8, 4) is 0 Å². The maximum atomic E-state index is 11.7. The maximum Gasteiger partial charge on any atom is 0.346 e. The zero-order valence-electron chi connectivity index (χ0n) is 13.3. The lowest BCUT2D eigenvalue weighted by Gasteiger charge is -2.01. The Morgan fingerprint density at radius 2 is 1.58 bits per heavy atom. The van der Waals surface area contributed by atoms with Gasteiger partial charge in [0.05, 0.1) is 22.3 Å². The van der Waals surface area contributed by atoms with Gasteiger partial charge in [0.15, 0.2) is 0 Å². The van der Waals surface area contributed by atoms with Gasteiger partial charge in [-0.25, -0.2) is 19.2 Å². The molecule has 0 spiro atoms. The molecule has 0 aliphatic carbocycles. The monoisotopic (exact) mass is 328 g/mol. The van der Waals surface area contributed by atoms with Gasteiger partial charge in [-0.15, -0.1) is 0 Å². The topological polar surface area (TPSA) is 86.7 Å². The van der Waals surface area contributed by atoms with Crippen LogP contribution < -0.4 is 0 Å². The van der Waals surface area contributed by atoms with E-state index in [0.29, 0.717) is 5.57 Å². The van der Waals surface area contributed by atoms with Crippen LogP contribution in [0.1, 0.15) is 20.3 Å². The normalized spacial score (nSPS) is 21.6. The van der Waals surface area contributed by atoms with Crippen molar-refractivity contribution in [2.24, 2.45) is 5.92 Å². The Morgan fingerprint density at radius 3 is 2.21 bits per heavy atom. The highest BCUT2D eigenvalue weighted by Gasteiger charge is 2.33. The summed E-state index contributed by atoms with van der Waals surface area (Å²) in [7, 11) is 0. The van der Waals surface area contributed by atoms with Crippen molar-refractivity contribution in [2.75, 3.05) is 0 Å². The van der Waals surface area contributed by atoms with Gasteiger partial charge in [-0.2, -0.15) is 0 Å². The van der Waals surface area contributed by atoms with Crippen molar-refractivity contribution in [3.05, 3.63) is 59.3 Å². The van der Waals surface area contributed by atoms with Gasteiger partial charge in [0, 0.05) is 0 Å². The number of rotatable bonds is 5. The molecule has 0 aromatic rings. The quantitative estimate of drug-likeness (QED) is 0.436. The number of ether oxygens (including phenoxy) is 2. The third-order valence-corrected chi connectivity index (χ3v) is 3.44. The van der Waals surface area contributed by atoms with Crippen LogP contribution in [0.5, 0.6) is 0 Å². The summed E-state index contributed by atoms with van der Waals surface area (Å²) < 4.78 is 9.14. The van der Waals surface area contributed by atoms with Gasteiger partial charge >= 0.3 is 23.9 Å². The van der Waals surface area contributed by atoms with Gasteiger partial charge < -0.3 is 9.47 Å². The first-order chi connectivity index (χ1) is 11.4. The van der Waals surface area contributed by atoms with Crippen LogP contribution >= 0.6 is 0 Å². The van der Waals surface area contributed by atoms with E-state index in [0.717, 1.165) is 0 Å². The number of cyclic esters (lactones) is 4. The van der Waals surface area contributed by atoms with Crippen molar-refractivity contribution in [3.63, 3.8) is 0 Å². The van der Waals surface area contributed by atoms with Crippen LogP contribution in [0.4, 0.5) is 0 Å². The molecule has 0 atom stereocenters. The van der Waals surface area contributed by atoms with Crippen LogP contribution in [0.25, 0.3) is 0 Å². The number of allylic oxidation sites excluding steroid dienone is 4. The SMILES string of the molecule is C=C/C=C1/C(=O)OC(=O)/C1=C/C/C=C\C1=C(C(C)C)C(=O)OC1=O. The van der Waals surface area contributed by atoms with Crippen LogP contribution in [-0.4, -0.2) is 23.9 Å². The average Bonchev–Trinajstić information content (AvgIpc) is 2.92. The standard InChI is InChI=1S/C18H16O6/c1-4-7-11-12(16(20)23-15(11)19)8-5-6-9-13-14(10(2)3)18(22)24-17(13)21/h4,6-10H,1,5H2,2-3H3/b9-6-,11-7+,12-8+. The Balaban J connectivity index is 2.20. The number of esters is 4. The summed E-state index contributed by atoms with van der Waals surface area (Å²) >= 11 is 0. The van der Waals surface area contributed by atoms with Crippen LogP contribution in [0.15, 0.2) is 59.3 Å². The summed E-state index contributed by atoms with van der Waals surface area (Å²) in [5, 5.41) is 0. The van der Waals surface area contributed by atoms with Crippen molar-refractivity contribution in [1.82, 2.24) is 0 Å². The van der Waals surface area contributed by atoms with E-state index in [4.69, 9.17) is 0 Å². The molecule has 0 radical (unpaired) electrons. The Kier molecular flexibility index (Phi) is 5.08. The molecule has 24 heavy (non-hydrogen) atoms.